The van der Waals surface area contributed by atoms with Crippen LogP contribution in [0.2, 0.25) is 0 Å². The molecule has 2 heterocycles. The molecule has 1 aromatic heterocycles. The van der Waals surface area contributed by atoms with Gasteiger partial charge < -0.3 is 5.32 Å². The molecule has 0 fully saturated rings. The number of amides is 1. The number of aryl methyl sites for hydroxylation is 1. The van der Waals surface area contributed by atoms with E-state index < -0.39 is 0 Å². The number of hydrogen-bond acceptors (Lipinski definition) is 5. The molecule has 7 heteroatoms. The number of hydrogen-bond donors (Lipinski definition) is 2. The van der Waals surface area contributed by atoms with Crippen LogP contribution in [0.5, 0.6) is 0 Å². The molecule has 0 saturated carbocycles. The number of aromatic amines is 1. The molecule has 1 aromatic carbocycles. The summed E-state index contributed by atoms with van der Waals surface area (Å²) >= 11 is 1.36. The summed E-state index contributed by atoms with van der Waals surface area (Å²) in [6.07, 6.45) is 1.90. The Hall–Kier alpha value is -1.86. The molecule has 25 heavy (non-hydrogen) atoms. The minimum Gasteiger partial charge on any atom is -0.352 e. The number of fused-ring (bicyclic) bond motifs is 1. The van der Waals surface area contributed by atoms with Gasteiger partial charge in [0.25, 0.3) is 0 Å². The Labute approximate surface area is 152 Å². The molecule has 0 unspecified atom stereocenters. The van der Waals surface area contributed by atoms with Crippen LogP contribution in [0.25, 0.3) is 0 Å². The van der Waals surface area contributed by atoms with Crippen molar-refractivity contribution in [1.29, 1.82) is 0 Å². The van der Waals surface area contributed by atoms with Crippen molar-refractivity contribution < 1.29 is 4.79 Å². The normalized spacial score (nSPS) is 15.6. The standard InChI is InChI=1S/C18H25N5OS/c1-3-16-20-18(22-21-16)25-12-17(24)19-13(2)10-23-9-8-14-6-4-5-7-15(14)11-23/h4-7,13H,3,8-12H2,1-2H3,(H,19,24)(H,20,21,22)/t13-/m1/s1. The average molecular weight is 359 g/mol. The highest BCUT2D eigenvalue weighted by Crippen LogP contribution is 2.18. The topological polar surface area (TPSA) is 73.9 Å². The molecule has 6 nitrogen and oxygen atoms in total. The van der Waals surface area contributed by atoms with E-state index in [4.69, 9.17) is 0 Å². The predicted molar refractivity (Wildman–Crippen MR) is 99.5 cm³/mol. The van der Waals surface area contributed by atoms with Gasteiger partial charge in [-0.3, -0.25) is 14.8 Å². The fraction of sp³-hybridized carbons (Fsp3) is 0.500. The van der Waals surface area contributed by atoms with Crippen LogP contribution in [0, 0.1) is 0 Å². The summed E-state index contributed by atoms with van der Waals surface area (Å²) in [6.45, 7) is 6.95. The van der Waals surface area contributed by atoms with E-state index in [9.17, 15) is 4.79 Å². The van der Waals surface area contributed by atoms with Crippen molar-refractivity contribution in [2.45, 2.75) is 44.4 Å². The number of thioether (sulfide) groups is 1. The van der Waals surface area contributed by atoms with Gasteiger partial charge in [-0.15, -0.1) is 5.10 Å². The molecule has 0 bridgehead atoms. The number of benzene rings is 1. The molecule has 0 saturated heterocycles. The zero-order valence-corrected chi connectivity index (χ0v) is 15.6. The van der Waals surface area contributed by atoms with Gasteiger partial charge in [0.1, 0.15) is 5.82 Å². The van der Waals surface area contributed by atoms with Crippen LogP contribution < -0.4 is 5.32 Å². The Morgan fingerprint density at radius 2 is 2.20 bits per heavy atom. The van der Waals surface area contributed by atoms with E-state index in [2.05, 4.69) is 56.6 Å². The molecule has 0 aliphatic carbocycles. The first-order valence-corrected chi connectivity index (χ1v) is 9.75. The van der Waals surface area contributed by atoms with Gasteiger partial charge in [0.15, 0.2) is 0 Å². The van der Waals surface area contributed by atoms with Gasteiger partial charge in [0.2, 0.25) is 11.1 Å². The molecule has 1 atom stereocenters. The predicted octanol–water partition coefficient (Wildman–Crippen LogP) is 2.02. The lowest BCUT2D eigenvalue weighted by Gasteiger charge is -2.31. The number of nitrogens with zero attached hydrogens (tertiary/aromatic N) is 3. The van der Waals surface area contributed by atoms with Crippen molar-refractivity contribution in [3.05, 3.63) is 41.2 Å². The Bertz CT molecular complexity index is 717. The molecule has 2 aromatic rings. The number of rotatable bonds is 7. The molecule has 0 spiro atoms. The van der Waals surface area contributed by atoms with Crippen LogP contribution in [-0.4, -0.2) is 50.9 Å². The van der Waals surface area contributed by atoms with Crippen LogP contribution in [0.1, 0.15) is 30.8 Å². The molecule has 0 radical (unpaired) electrons. The summed E-state index contributed by atoms with van der Waals surface area (Å²) in [7, 11) is 0. The summed E-state index contributed by atoms with van der Waals surface area (Å²) in [5.41, 5.74) is 2.85. The minimum atomic E-state index is 0.0257. The third-order valence-corrected chi connectivity index (χ3v) is 5.17. The van der Waals surface area contributed by atoms with Crippen molar-refractivity contribution in [3.8, 4) is 0 Å². The Balaban J connectivity index is 1.41. The first kappa shape index (κ1) is 17.9. The maximum Gasteiger partial charge on any atom is 0.230 e. The smallest absolute Gasteiger partial charge is 0.230 e. The maximum absolute atomic E-state index is 12.1. The Morgan fingerprint density at radius 3 is 2.96 bits per heavy atom. The van der Waals surface area contributed by atoms with Crippen LogP contribution >= 0.6 is 11.8 Å². The number of nitrogens with one attached hydrogen (secondary N) is 2. The number of aromatic nitrogens is 3. The monoisotopic (exact) mass is 359 g/mol. The van der Waals surface area contributed by atoms with Crippen LogP contribution in [0.15, 0.2) is 29.4 Å². The quantitative estimate of drug-likeness (QED) is 0.740. The highest BCUT2D eigenvalue weighted by Gasteiger charge is 2.18. The van der Waals surface area contributed by atoms with Gasteiger partial charge in [-0.1, -0.05) is 43.0 Å². The Kier molecular flexibility index (Phi) is 6.09. The molecule has 1 aliphatic rings. The van der Waals surface area contributed by atoms with E-state index in [1.807, 2.05) is 6.92 Å². The highest BCUT2D eigenvalue weighted by atomic mass is 32.2. The molecule has 134 valence electrons. The lowest BCUT2D eigenvalue weighted by atomic mass is 10.00. The van der Waals surface area contributed by atoms with Crippen LogP contribution in [0.4, 0.5) is 0 Å². The maximum atomic E-state index is 12.1. The van der Waals surface area contributed by atoms with Gasteiger partial charge in [-0.2, -0.15) is 0 Å². The summed E-state index contributed by atoms with van der Waals surface area (Å²) in [4.78, 5) is 18.8. The van der Waals surface area contributed by atoms with Crippen LogP contribution in [-0.2, 0) is 24.2 Å². The molecule has 1 amide bonds. The van der Waals surface area contributed by atoms with E-state index in [0.717, 1.165) is 38.3 Å². The largest absolute Gasteiger partial charge is 0.352 e. The van der Waals surface area contributed by atoms with E-state index in [1.165, 1.54) is 22.9 Å². The van der Waals surface area contributed by atoms with Gasteiger partial charge in [-0.05, 0) is 24.5 Å². The second kappa shape index (κ2) is 8.49. The molecule has 2 N–H and O–H groups in total. The van der Waals surface area contributed by atoms with Crippen molar-refractivity contribution in [3.63, 3.8) is 0 Å². The third kappa shape index (κ3) is 5.06. The number of H-pyrrole nitrogens is 1. The summed E-state index contributed by atoms with van der Waals surface area (Å²) in [5.74, 6) is 1.22. The summed E-state index contributed by atoms with van der Waals surface area (Å²) in [6, 6.07) is 8.73. The molecule has 1 aliphatic heterocycles. The Morgan fingerprint density at radius 1 is 1.40 bits per heavy atom. The van der Waals surface area contributed by atoms with Crippen molar-refractivity contribution in [2.24, 2.45) is 0 Å². The van der Waals surface area contributed by atoms with E-state index >= 15 is 0 Å². The zero-order chi connectivity index (χ0) is 17.6. The minimum absolute atomic E-state index is 0.0257. The summed E-state index contributed by atoms with van der Waals surface area (Å²) in [5, 5.41) is 10.7. The zero-order valence-electron chi connectivity index (χ0n) is 14.8. The van der Waals surface area contributed by atoms with Gasteiger partial charge in [0, 0.05) is 32.1 Å². The number of carbonyl (C=O) groups excluding carboxylic acids is 1. The fourth-order valence-electron chi connectivity index (χ4n) is 3.09. The molecule has 3 rings (SSSR count). The second-order valence-electron chi connectivity index (χ2n) is 6.43. The first-order valence-electron chi connectivity index (χ1n) is 8.76. The van der Waals surface area contributed by atoms with Gasteiger partial charge >= 0.3 is 0 Å². The summed E-state index contributed by atoms with van der Waals surface area (Å²) < 4.78 is 0. The van der Waals surface area contributed by atoms with Gasteiger partial charge in [-0.25, -0.2) is 4.98 Å². The van der Waals surface area contributed by atoms with E-state index in [0.29, 0.717) is 10.9 Å². The highest BCUT2D eigenvalue weighted by molar-refractivity contribution is 7.99. The fourth-order valence-corrected chi connectivity index (χ4v) is 3.72. The lowest BCUT2D eigenvalue weighted by molar-refractivity contribution is -0.119. The van der Waals surface area contributed by atoms with Crippen LogP contribution in [0.3, 0.4) is 0 Å². The SMILES string of the molecule is CCc1nc(SCC(=O)N[C@H](C)CN2CCc3ccccc3C2)n[nH]1. The third-order valence-electron chi connectivity index (χ3n) is 4.33. The van der Waals surface area contributed by atoms with Crippen molar-refractivity contribution in [2.75, 3.05) is 18.8 Å². The number of carbonyl (C=O) groups is 1. The van der Waals surface area contributed by atoms with Crippen molar-refractivity contribution in [1.82, 2.24) is 25.4 Å². The average Bonchev–Trinajstić information content (AvgIpc) is 3.08. The first-order chi connectivity index (χ1) is 12.1. The van der Waals surface area contributed by atoms with E-state index in [-0.39, 0.29) is 11.9 Å². The second-order valence-corrected chi connectivity index (χ2v) is 7.37. The van der Waals surface area contributed by atoms with Gasteiger partial charge in [0.05, 0.1) is 5.75 Å². The van der Waals surface area contributed by atoms with E-state index in [1.54, 1.807) is 0 Å². The molecular weight excluding hydrogens is 334 g/mol. The van der Waals surface area contributed by atoms with Crippen molar-refractivity contribution >= 4 is 17.7 Å². The lowest BCUT2D eigenvalue weighted by Crippen LogP contribution is -2.44. The molecular formula is C18H25N5OS.